The summed E-state index contributed by atoms with van der Waals surface area (Å²) in [4.78, 5) is 32.1. The van der Waals surface area contributed by atoms with Gasteiger partial charge in [-0.15, -0.1) is 0 Å². The van der Waals surface area contributed by atoms with Crippen LogP contribution in [0.1, 0.15) is 51.5 Å². The minimum atomic E-state index is -3.54. The van der Waals surface area contributed by atoms with Crippen molar-refractivity contribution >= 4 is 33.4 Å². The Balaban J connectivity index is 1.45. The molecule has 2 heterocycles. The highest BCUT2D eigenvalue weighted by Crippen LogP contribution is 2.29. The first-order valence-corrected chi connectivity index (χ1v) is 13.8. The summed E-state index contributed by atoms with van der Waals surface area (Å²) in [6.45, 7) is 4.49. The van der Waals surface area contributed by atoms with Crippen molar-refractivity contribution in [3.05, 3.63) is 41.4 Å². The van der Waals surface area contributed by atoms with Crippen LogP contribution >= 0.6 is 11.6 Å². The van der Waals surface area contributed by atoms with E-state index in [0.29, 0.717) is 43.7 Å². The predicted molar refractivity (Wildman–Crippen MR) is 131 cm³/mol. The minimum absolute atomic E-state index is 0.110. The van der Waals surface area contributed by atoms with Crippen molar-refractivity contribution in [2.45, 2.75) is 69.8 Å². The summed E-state index contributed by atoms with van der Waals surface area (Å²) in [6.07, 6.45) is 5.79. The van der Waals surface area contributed by atoms with Crippen LogP contribution in [0.5, 0.6) is 0 Å². The van der Waals surface area contributed by atoms with Gasteiger partial charge in [-0.1, -0.05) is 25.4 Å². The SMILES string of the molecule is CC(C)C[C@H](NS(=O)(=O)C1CC1)C(=O)N1CCC[C@H]1C(=O)NCc1cc(Cl)ccc1-n1cncn1. The van der Waals surface area contributed by atoms with Gasteiger partial charge in [0.1, 0.15) is 24.7 Å². The third-order valence-electron chi connectivity index (χ3n) is 6.27. The Labute approximate surface area is 210 Å². The summed E-state index contributed by atoms with van der Waals surface area (Å²) in [5.41, 5.74) is 1.49. The molecule has 1 saturated carbocycles. The van der Waals surface area contributed by atoms with Gasteiger partial charge in [0, 0.05) is 18.1 Å². The lowest BCUT2D eigenvalue weighted by atomic mass is 10.0. The van der Waals surface area contributed by atoms with Crippen molar-refractivity contribution in [3.8, 4) is 5.69 Å². The number of likely N-dealkylation sites (tertiary alicyclic amines) is 1. The Morgan fingerprint density at radius 1 is 1.23 bits per heavy atom. The van der Waals surface area contributed by atoms with Crippen molar-refractivity contribution < 1.29 is 18.0 Å². The fourth-order valence-electron chi connectivity index (χ4n) is 4.40. The zero-order chi connectivity index (χ0) is 25.2. The number of rotatable bonds is 10. The Bertz CT molecular complexity index is 1170. The third-order valence-corrected chi connectivity index (χ3v) is 8.47. The lowest BCUT2D eigenvalue weighted by Gasteiger charge is -2.29. The Hall–Kier alpha value is -2.50. The smallest absolute Gasteiger partial charge is 0.243 e. The molecule has 1 aliphatic heterocycles. The van der Waals surface area contributed by atoms with E-state index in [0.717, 1.165) is 11.3 Å². The van der Waals surface area contributed by atoms with Gasteiger partial charge in [0.15, 0.2) is 0 Å². The van der Waals surface area contributed by atoms with Gasteiger partial charge in [0.2, 0.25) is 21.8 Å². The largest absolute Gasteiger partial charge is 0.350 e. The molecule has 2 aromatic rings. The lowest BCUT2D eigenvalue weighted by Crippen LogP contribution is -2.54. The monoisotopic (exact) mass is 522 g/mol. The van der Waals surface area contributed by atoms with Crippen LogP contribution in [-0.2, 0) is 26.2 Å². The number of nitrogens with one attached hydrogen (secondary N) is 2. The number of halogens is 1. The summed E-state index contributed by atoms with van der Waals surface area (Å²) in [5, 5.41) is 7.17. The van der Waals surface area contributed by atoms with Gasteiger partial charge in [-0.25, -0.2) is 22.8 Å². The minimum Gasteiger partial charge on any atom is -0.350 e. The molecule has 4 rings (SSSR count). The number of amides is 2. The molecule has 2 N–H and O–H groups in total. The van der Waals surface area contributed by atoms with Gasteiger partial charge in [-0.2, -0.15) is 5.10 Å². The number of aromatic nitrogens is 3. The molecule has 1 saturated heterocycles. The maximum atomic E-state index is 13.4. The molecule has 2 amide bonds. The Kier molecular flexibility index (Phi) is 7.77. The molecular weight excluding hydrogens is 492 g/mol. The van der Waals surface area contributed by atoms with Gasteiger partial charge in [0.25, 0.3) is 0 Å². The molecule has 1 aromatic carbocycles. The second-order valence-corrected chi connectivity index (χ2v) is 12.0. The maximum Gasteiger partial charge on any atom is 0.243 e. The van der Waals surface area contributed by atoms with Crippen LogP contribution in [-0.4, -0.2) is 63.8 Å². The number of hydrogen-bond acceptors (Lipinski definition) is 6. The number of carbonyl (C=O) groups is 2. The highest BCUT2D eigenvalue weighted by Gasteiger charge is 2.42. The van der Waals surface area contributed by atoms with Crippen LogP contribution in [0.25, 0.3) is 5.69 Å². The second-order valence-electron chi connectivity index (χ2n) is 9.56. The molecule has 0 spiro atoms. The number of sulfonamides is 1. The van der Waals surface area contributed by atoms with E-state index in [9.17, 15) is 18.0 Å². The van der Waals surface area contributed by atoms with Crippen molar-refractivity contribution in [2.24, 2.45) is 5.92 Å². The Morgan fingerprint density at radius 3 is 2.66 bits per heavy atom. The zero-order valence-electron chi connectivity index (χ0n) is 19.9. The van der Waals surface area contributed by atoms with Gasteiger partial charge in [-0.05, 0) is 61.8 Å². The fraction of sp³-hybridized carbons (Fsp3) is 0.565. The summed E-state index contributed by atoms with van der Waals surface area (Å²) >= 11 is 6.17. The summed E-state index contributed by atoms with van der Waals surface area (Å²) < 4.78 is 29.3. The van der Waals surface area contributed by atoms with Crippen LogP contribution < -0.4 is 10.0 Å². The van der Waals surface area contributed by atoms with Gasteiger partial charge < -0.3 is 10.2 Å². The molecule has 1 aromatic heterocycles. The van der Waals surface area contributed by atoms with Crippen molar-refractivity contribution in [2.75, 3.05) is 6.54 Å². The van der Waals surface area contributed by atoms with Crippen LogP contribution in [0.4, 0.5) is 0 Å². The normalized spacial score (nSPS) is 19.2. The van der Waals surface area contributed by atoms with Gasteiger partial charge >= 0.3 is 0 Å². The number of benzene rings is 1. The Morgan fingerprint density at radius 2 is 2.00 bits per heavy atom. The first-order valence-electron chi connectivity index (χ1n) is 11.9. The number of nitrogens with zero attached hydrogens (tertiary/aromatic N) is 4. The fourth-order valence-corrected chi connectivity index (χ4v) is 6.14. The first-order chi connectivity index (χ1) is 16.7. The maximum absolute atomic E-state index is 13.4. The first kappa shape index (κ1) is 25.6. The molecule has 35 heavy (non-hydrogen) atoms. The summed E-state index contributed by atoms with van der Waals surface area (Å²) in [6, 6.07) is 3.75. The van der Waals surface area contributed by atoms with E-state index >= 15 is 0 Å². The van der Waals surface area contributed by atoms with E-state index in [1.54, 1.807) is 29.2 Å². The molecule has 0 radical (unpaired) electrons. The molecule has 1 aliphatic carbocycles. The quantitative estimate of drug-likeness (QED) is 0.491. The molecule has 0 bridgehead atoms. The highest BCUT2D eigenvalue weighted by atomic mass is 35.5. The van der Waals surface area contributed by atoms with Crippen LogP contribution in [0, 0.1) is 5.92 Å². The van der Waals surface area contributed by atoms with Crippen LogP contribution in [0.15, 0.2) is 30.9 Å². The van der Waals surface area contributed by atoms with Gasteiger partial charge in [0.05, 0.1) is 10.9 Å². The van der Waals surface area contributed by atoms with E-state index in [1.807, 2.05) is 13.8 Å². The summed E-state index contributed by atoms with van der Waals surface area (Å²) in [5.74, 6) is -0.515. The molecule has 0 unspecified atom stereocenters. The van der Waals surface area contributed by atoms with Gasteiger partial charge in [-0.3, -0.25) is 9.59 Å². The van der Waals surface area contributed by atoms with Crippen molar-refractivity contribution in [1.82, 2.24) is 29.7 Å². The predicted octanol–water partition coefficient (Wildman–Crippen LogP) is 2.02. The third kappa shape index (κ3) is 6.20. The molecule has 2 fully saturated rings. The van der Waals surface area contributed by atoms with E-state index < -0.39 is 27.4 Å². The molecule has 2 aliphatic rings. The van der Waals surface area contributed by atoms with Crippen molar-refractivity contribution in [3.63, 3.8) is 0 Å². The van der Waals surface area contributed by atoms with E-state index in [-0.39, 0.29) is 24.3 Å². The number of carbonyl (C=O) groups excluding carboxylic acids is 2. The van der Waals surface area contributed by atoms with Crippen molar-refractivity contribution in [1.29, 1.82) is 0 Å². The summed E-state index contributed by atoms with van der Waals surface area (Å²) in [7, 11) is -3.54. The average molecular weight is 523 g/mol. The van der Waals surface area contributed by atoms with E-state index in [2.05, 4.69) is 20.1 Å². The standard InChI is InChI=1S/C23H31ClN6O4S/c1-15(2)10-19(28-35(33,34)18-6-7-18)23(32)29-9-3-4-21(29)22(31)26-12-16-11-17(24)5-8-20(16)30-14-25-13-27-30/h5,8,11,13-15,18-19,21,28H,3-4,6-7,9-10,12H2,1-2H3,(H,26,31)/t19-,21-/m0/s1. The number of hydrogen-bond donors (Lipinski definition) is 2. The van der Waals surface area contributed by atoms with E-state index in [1.165, 1.54) is 11.2 Å². The molecular formula is C23H31ClN6O4S. The van der Waals surface area contributed by atoms with E-state index in [4.69, 9.17) is 11.6 Å². The van der Waals surface area contributed by atoms with Crippen LogP contribution in [0.3, 0.4) is 0 Å². The topological polar surface area (TPSA) is 126 Å². The molecule has 10 nitrogen and oxygen atoms in total. The lowest BCUT2D eigenvalue weighted by molar-refractivity contribution is -0.140. The highest BCUT2D eigenvalue weighted by molar-refractivity contribution is 7.90. The zero-order valence-corrected chi connectivity index (χ0v) is 21.4. The molecule has 190 valence electrons. The molecule has 2 atom stereocenters. The second kappa shape index (κ2) is 10.6. The average Bonchev–Trinajstić information content (AvgIpc) is 3.33. The van der Waals surface area contributed by atoms with Crippen LogP contribution in [0.2, 0.25) is 5.02 Å². The molecule has 12 heteroatoms.